The van der Waals surface area contributed by atoms with Crippen molar-refractivity contribution in [3.8, 4) is 0 Å². The second-order valence-corrected chi connectivity index (χ2v) is 6.28. The number of nitrogens with zero attached hydrogens (tertiary/aromatic N) is 1. The molecule has 0 bridgehead atoms. The molecule has 0 aromatic carbocycles. The average molecular weight is 265 g/mol. The molecular weight excluding hydrogens is 238 g/mol. The van der Waals surface area contributed by atoms with E-state index in [1.807, 2.05) is 7.05 Å². The average Bonchev–Trinajstić information content (AvgIpc) is 2.21. The zero-order valence-corrected chi connectivity index (χ0v) is 12.0. The summed E-state index contributed by atoms with van der Waals surface area (Å²) in [5, 5.41) is 0. The Morgan fingerprint density at radius 1 is 0.941 bits per heavy atom. The van der Waals surface area contributed by atoms with Crippen molar-refractivity contribution in [2.24, 2.45) is 0 Å². The molecule has 0 amide bonds. The predicted octanol–water partition coefficient (Wildman–Crippen LogP) is 2.56. The van der Waals surface area contributed by atoms with Gasteiger partial charge >= 0.3 is 0 Å². The van der Waals surface area contributed by atoms with Crippen LogP contribution in [0, 0.1) is 0 Å². The van der Waals surface area contributed by atoms with Gasteiger partial charge in [-0.05, 0) is 33.0 Å². The van der Waals surface area contributed by atoms with E-state index < -0.39 is 10.1 Å². The maximum atomic E-state index is 10.5. The Morgan fingerprint density at radius 3 is 2.06 bits per heavy atom. The molecule has 0 radical (unpaired) electrons. The molecule has 0 fully saturated rings. The SMILES string of the molecule is CCCCCCCCN(C)CCCS(=O)(=O)O. The molecule has 17 heavy (non-hydrogen) atoms. The first-order chi connectivity index (χ1) is 7.95. The van der Waals surface area contributed by atoms with Crippen LogP contribution in [0.25, 0.3) is 0 Å². The van der Waals surface area contributed by atoms with Gasteiger partial charge in [-0.3, -0.25) is 4.55 Å². The normalized spacial score (nSPS) is 12.2. The molecule has 0 saturated carbocycles. The van der Waals surface area contributed by atoms with Gasteiger partial charge in [-0.15, -0.1) is 0 Å². The molecule has 1 N–H and O–H groups in total. The highest BCUT2D eigenvalue weighted by Gasteiger charge is 2.05. The zero-order chi connectivity index (χ0) is 13.1. The summed E-state index contributed by atoms with van der Waals surface area (Å²) in [5.41, 5.74) is 0. The zero-order valence-electron chi connectivity index (χ0n) is 11.2. The van der Waals surface area contributed by atoms with E-state index in [4.69, 9.17) is 4.55 Å². The van der Waals surface area contributed by atoms with Crippen molar-refractivity contribution in [3.05, 3.63) is 0 Å². The fraction of sp³-hybridized carbons (Fsp3) is 1.00. The highest BCUT2D eigenvalue weighted by atomic mass is 32.2. The van der Waals surface area contributed by atoms with Gasteiger partial charge in [0.1, 0.15) is 0 Å². The van der Waals surface area contributed by atoms with E-state index in [0.717, 1.165) is 13.1 Å². The lowest BCUT2D eigenvalue weighted by molar-refractivity contribution is 0.323. The first-order valence-corrected chi connectivity index (χ1v) is 8.20. The van der Waals surface area contributed by atoms with Gasteiger partial charge in [-0.2, -0.15) is 8.42 Å². The summed E-state index contributed by atoms with van der Waals surface area (Å²) in [6.45, 7) is 3.95. The predicted molar refractivity (Wildman–Crippen MR) is 71.9 cm³/mol. The van der Waals surface area contributed by atoms with Gasteiger partial charge in [0.25, 0.3) is 10.1 Å². The van der Waals surface area contributed by atoms with Gasteiger partial charge < -0.3 is 4.90 Å². The van der Waals surface area contributed by atoms with Crippen LogP contribution in [-0.2, 0) is 10.1 Å². The van der Waals surface area contributed by atoms with E-state index in [2.05, 4.69) is 11.8 Å². The summed E-state index contributed by atoms with van der Waals surface area (Å²) in [6.07, 6.45) is 8.15. The molecule has 0 aromatic heterocycles. The quantitative estimate of drug-likeness (QED) is 0.461. The Kier molecular flexibility index (Phi) is 9.78. The van der Waals surface area contributed by atoms with E-state index in [9.17, 15) is 8.42 Å². The summed E-state index contributed by atoms with van der Waals surface area (Å²) in [5.74, 6) is -0.131. The van der Waals surface area contributed by atoms with Crippen molar-refractivity contribution in [2.45, 2.75) is 51.9 Å². The fourth-order valence-corrected chi connectivity index (χ4v) is 2.28. The number of hydrogen-bond acceptors (Lipinski definition) is 3. The third-order valence-electron chi connectivity index (χ3n) is 2.84. The molecule has 0 heterocycles. The molecule has 0 atom stereocenters. The van der Waals surface area contributed by atoms with Crippen molar-refractivity contribution >= 4 is 10.1 Å². The van der Waals surface area contributed by atoms with Crippen LogP contribution in [0.2, 0.25) is 0 Å². The second-order valence-electron chi connectivity index (χ2n) is 4.71. The number of hydrogen-bond donors (Lipinski definition) is 1. The minimum atomic E-state index is -3.78. The molecule has 0 aliphatic rings. The third kappa shape index (κ3) is 13.8. The maximum absolute atomic E-state index is 10.5. The van der Waals surface area contributed by atoms with Gasteiger partial charge in [0.2, 0.25) is 0 Å². The standard InChI is InChI=1S/C12H27NO3S/c1-3-4-5-6-7-8-10-13(2)11-9-12-17(14,15)16/h3-12H2,1-2H3,(H,14,15,16). The lowest BCUT2D eigenvalue weighted by atomic mass is 10.1. The van der Waals surface area contributed by atoms with Crippen LogP contribution >= 0.6 is 0 Å². The van der Waals surface area contributed by atoms with Gasteiger partial charge in [-0.1, -0.05) is 39.0 Å². The van der Waals surface area contributed by atoms with Crippen LogP contribution in [0.1, 0.15) is 51.9 Å². The number of unbranched alkanes of at least 4 members (excludes halogenated alkanes) is 5. The van der Waals surface area contributed by atoms with Crippen LogP contribution in [0.5, 0.6) is 0 Å². The van der Waals surface area contributed by atoms with Crippen molar-refractivity contribution in [2.75, 3.05) is 25.9 Å². The van der Waals surface area contributed by atoms with Gasteiger partial charge in [0.15, 0.2) is 0 Å². The molecule has 0 aliphatic carbocycles. The highest BCUT2D eigenvalue weighted by molar-refractivity contribution is 7.85. The van der Waals surface area contributed by atoms with Crippen LogP contribution in [-0.4, -0.2) is 43.8 Å². The molecule has 0 unspecified atom stereocenters. The molecule has 5 heteroatoms. The Morgan fingerprint density at radius 2 is 1.47 bits per heavy atom. The van der Waals surface area contributed by atoms with E-state index in [1.54, 1.807) is 0 Å². The summed E-state index contributed by atoms with van der Waals surface area (Å²) in [6, 6.07) is 0. The van der Waals surface area contributed by atoms with Crippen molar-refractivity contribution < 1.29 is 13.0 Å². The summed E-state index contributed by atoms with van der Waals surface area (Å²) in [4.78, 5) is 2.13. The highest BCUT2D eigenvalue weighted by Crippen LogP contribution is 2.05. The van der Waals surface area contributed by atoms with E-state index >= 15 is 0 Å². The van der Waals surface area contributed by atoms with Gasteiger partial charge in [0.05, 0.1) is 5.75 Å². The van der Waals surface area contributed by atoms with Crippen molar-refractivity contribution in [1.29, 1.82) is 0 Å². The van der Waals surface area contributed by atoms with Crippen LogP contribution in [0.4, 0.5) is 0 Å². The molecule has 0 aromatic rings. The Balaban J connectivity index is 3.32. The molecule has 4 nitrogen and oxygen atoms in total. The van der Waals surface area contributed by atoms with Crippen LogP contribution in [0.15, 0.2) is 0 Å². The smallest absolute Gasteiger partial charge is 0.264 e. The third-order valence-corrected chi connectivity index (χ3v) is 3.64. The summed E-state index contributed by atoms with van der Waals surface area (Å²) in [7, 11) is -1.79. The number of rotatable bonds is 11. The first kappa shape index (κ1) is 16.9. The van der Waals surface area contributed by atoms with Crippen LogP contribution in [0.3, 0.4) is 0 Å². The monoisotopic (exact) mass is 265 g/mol. The van der Waals surface area contributed by atoms with E-state index in [1.165, 1.54) is 38.5 Å². The summed E-state index contributed by atoms with van der Waals surface area (Å²) < 4.78 is 29.6. The van der Waals surface area contributed by atoms with Gasteiger partial charge in [-0.25, -0.2) is 0 Å². The fourth-order valence-electron chi connectivity index (χ4n) is 1.79. The molecule has 0 spiro atoms. The molecule has 0 saturated heterocycles. The van der Waals surface area contributed by atoms with Gasteiger partial charge in [0, 0.05) is 0 Å². The first-order valence-electron chi connectivity index (χ1n) is 6.59. The second kappa shape index (κ2) is 9.85. The minimum absolute atomic E-state index is 0.131. The van der Waals surface area contributed by atoms with Crippen molar-refractivity contribution in [1.82, 2.24) is 4.90 Å². The Labute approximate surface area is 106 Å². The maximum Gasteiger partial charge on any atom is 0.264 e. The van der Waals surface area contributed by atoms with Crippen LogP contribution < -0.4 is 0 Å². The lowest BCUT2D eigenvalue weighted by Crippen LogP contribution is -2.22. The lowest BCUT2D eigenvalue weighted by Gasteiger charge is -2.15. The topological polar surface area (TPSA) is 57.6 Å². The largest absolute Gasteiger partial charge is 0.306 e. The molecule has 0 aliphatic heterocycles. The van der Waals surface area contributed by atoms with E-state index in [0.29, 0.717) is 6.42 Å². The Hall–Kier alpha value is -0.130. The van der Waals surface area contributed by atoms with Crippen molar-refractivity contribution in [3.63, 3.8) is 0 Å². The molecule has 0 rings (SSSR count). The minimum Gasteiger partial charge on any atom is -0.306 e. The summed E-state index contributed by atoms with van der Waals surface area (Å²) >= 11 is 0. The Bertz CT molecular complexity index is 265. The van der Waals surface area contributed by atoms with E-state index in [-0.39, 0.29) is 5.75 Å². The molecule has 104 valence electrons. The molecular formula is C12H27NO3S.